The number of aliphatic hydroxyl groups is 1. The number of ether oxygens (including phenoxy) is 1. The Balaban J connectivity index is 1.74. The number of carbonyl (C=O) groups is 2. The van der Waals surface area contributed by atoms with Gasteiger partial charge in [0, 0.05) is 16.8 Å². The maximum Gasteiger partial charge on any atom is 0.512 e. The molecule has 6 nitrogen and oxygen atoms in total. The summed E-state index contributed by atoms with van der Waals surface area (Å²) in [5, 5.41) is 19.9. The Kier molecular flexibility index (Phi) is 7.16. The molecule has 0 spiro atoms. The highest BCUT2D eigenvalue weighted by atomic mass is 32.1. The van der Waals surface area contributed by atoms with E-state index in [1.165, 1.54) is 11.3 Å². The third-order valence-electron chi connectivity index (χ3n) is 6.76. The van der Waals surface area contributed by atoms with E-state index in [4.69, 9.17) is 4.74 Å². The number of nitrogens with zero attached hydrogens (tertiary/aromatic N) is 1. The average Bonchev–Trinajstić information content (AvgIpc) is 3.17. The highest BCUT2D eigenvalue weighted by molar-refractivity contribution is 7.18. The fraction of sp³-hybridized carbons (Fsp3) is 0.520. The van der Waals surface area contributed by atoms with E-state index in [1.807, 2.05) is 36.4 Å². The lowest BCUT2D eigenvalue weighted by Crippen LogP contribution is -2.47. The molecule has 2 aliphatic carbocycles. The molecular weight excluding hydrogens is 426 g/mol. The summed E-state index contributed by atoms with van der Waals surface area (Å²) in [6, 6.07) is 11.4. The van der Waals surface area contributed by atoms with Crippen molar-refractivity contribution < 1.29 is 24.5 Å². The van der Waals surface area contributed by atoms with Gasteiger partial charge in [0.25, 0.3) is 0 Å². The molecule has 1 aromatic carbocycles. The van der Waals surface area contributed by atoms with Gasteiger partial charge < -0.3 is 19.8 Å². The Hall–Kier alpha value is -2.38. The van der Waals surface area contributed by atoms with Gasteiger partial charge in [-0.2, -0.15) is 0 Å². The van der Waals surface area contributed by atoms with E-state index in [-0.39, 0.29) is 22.9 Å². The Morgan fingerprint density at radius 1 is 1.06 bits per heavy atom. The second kappa shape index (κ2) is 10.0. The Morgan fingerprint density at radius 2 is 1.78 bits per heavy atom. The predicted molar refractivity (Wildman–Crippen MR) is 125 cm³/mol. The standard InChI is InChI=1S/C25H31NO5S/c1-16-10-12-18(13-11-16)23(28)26(19-8-5-9-20(27)14-19)21-15-22(17-6-3-2-4-7-17)32-24(21)31-25(29)30/h2-4,6-7,15-16,18-20,27H,5,8-14H2,1H3,(H,29,30). The topological polar surface area (TPSA) is 87.1 Å². The van der Waals surface area contributed by atoms with E-state index in [1.54, 1.807) is 4.90 Å². The minimum absolute atomic E-state index is 0.0312. The first-order chi connectivity index (χ1) is 15.4. The van der Waals surface area contributed by atoms with Gasteiger partial charge in [0.15, 0.2) is 0 Å². The van der Waals surface area contributed by atoms with Crippen LogP contribution in [0.2, 0.25) is 0 Å². The fourth-order valence-electron chi connectivity index (χ4n) is 5.00. The molecule has 1 aromatic heterocycles. The summed E-state index contributed by atoms with van der Waals surface area (Å²) in [5.41, 5.74) is 1.46. The van der Waals surface area contributed by atoms with Crippen LogP contribution in [0, 0.1) is 11.8 Å². The number of benzene rings is 1. The van der Waals surface area contributed by atoms with Crippen LogP contribution in [-0.2, 0) is 4.79 Å². The lowest BCUT2D eigenvalue weighted by Gasteiger charge is -2.39. The molecule has 2 saturated carbocycles. The number of hydrogen-bond donors (Lipinski definition) is 2. The van der Waals surface area contributed by atoms with Gasteiger partial charge in [0.1, 0.15) is 0 Å². The van der Waals surface area contributed by atoms with Crippen LogP contribution in [0.3, 0.4) is 0 Å². The van der Waals surface area contributed by atoms with Crippen molar-refractivity contribution >= 4 is 29.1 Å². The minimum Gasteiger partial charge on any atom is -0.449 e. The zero-order valence-corrected chi connectivity index (χ0v) is 19.2. The number of amides is 1. The van der Waals surface area contributed by atoms with Gasteiger partial charge in [0.2, 0.25) is 11.0 Å². The Labute approximate surface area is 192 Å². The second-order valence-corrected chi connectivity index (χ2v) is 10.2. The third kappa shape index (κ3) is 5.15. The summed E-state index contributed by atoms with van der Waals surface area (Å²) in [6.07, 6.45) is 4.74. The van der Waals surface area contributed by atoms with Crippen LogP contribution in [0.15, 0.2) is 36.4 Å². The van der Waals surface area contributed by atoms with Crippen molar-refractivity contribution in [3.63, 3.8) is 0 Å². The number of rotatable bonds is 5. The molecule has 0 bridgehead atoms. The van der Waals surface area contributed by atoms with E-state index in [2.05, 4.69) is 6.92 Å². The number of aliphatic hydroxyl groups excluding tert-OH is 1. The molecule has 32 heavy (non-hydrogen) atoms. The number of thiophene rings is 1. The van der Waals surface area contributed by atoms with Crippen molar-refractivity contribution in [2.24, 2.45) is 11.8 Å². The van der Waals surface area contributed by atoms with E-state index < -0.39 is 12.3 Å². The average molecular weight is 458 g/mol. The summed E-state index contributed by atoms with van der Waals surface area (Å²) in [5.74, 6) is 0.576. The quantitative estimate of drug-likeness (QED) is 0.543. The predicted octanol–water partition coefficient (Wildman–Crippen LogP) is 5.93. The van der Waals surface area contributed by atoms with Gasteiger partial charge in [-0.3, -0.25) is 4.79 Å². The largest absolute Gasteiger partial charge is 0.512 e. The van der Waals surface area contributed by atoms with Crippen LogP contribution in [0.1, 0.15) is 58.3 Å². The Bertz CT molecular complexity index is 935. The molecule has 4 rings (SSSR count). The summed E-state index contributed by atoms with van der Waals surface area (Å²) in [4.78, 5) is 27.9. The summed E-state index contributed by atoms with van der Waals surface area (Å²) in [6.45, 7) is 2.22. The van der Waals surface area contributed by atoms with Crippen molar-refractivity contribution in [3.8, 4) is 15.5 Å². The monoisotopic (exact) mass is 457 g/mol. The van der Waals surface area contributed by atoms with Crippen LogP contribution >= 0.6 is 11.3 Å². The van der Waals surface area contributed by atoms with Gasteiger partial charge in [-0.1, -0.05) is 48.6 Å². The molecule has 0 radical (unpaired) electrons. The summed E-state index contributed by atoms with van der Waals surface area (Å²) >= 11 is 1.24. The van der Waals surface area contributed by atoms with Crippen molar-refractivity contribution in [1.82, 2.24) is 0 Å². The third-order valence-corrected chi connectivity index (χ3v) is 7.82. The molecule has 0 aliphatic heterocycles. The van der Waals surface area contributed by atoms with Crippen LogP contribution in [0.4, 0.5) is 10.5 Å². The van der Waals surface area contributed by atoms with Crippen molar-refractivity contribution in [2.45, 2.75) is 70.4 Å². The first kappa shape index (κ1) is 22.8. The normalized spacial score (nSPS) is 25.8. The molecule has 172 valence electrons. The molecule has 2 atom stereocenters. The molecule has 2 aliphatic rings. The first-order valence-electron chi connectivity index (χ1n) is 11.5. The molecule has 2 N–H and O–H groups in total. The van der Waals surface area contributed by atoms with Crippen LogP contribution in [0.25, 0.3) is 10.4 Å². The van der Waals surface area contributed by atoms with Gasteiger partial charge in [0.05, 0.1) is 11.8 Å². The molecule has 2 aromatic rings. The summed E-state index contributed by atoms with van der Waals surface area (Å²) < 4.78 is 5.18. The number of carboxylic acid groups (broad SMARTS) is 1. The van der Waals surface area contributed by atoms with Gasteiger partial charge in [-0.15, -0.1) is 0 Å². The Morgan fingerprint density at radius 3 is 2.44 bits per heavy atom. The van der Waals surface area contributed by atoms with Crippen LogP contribution in [0.5, 0.6) is 5.06 Å². The molecule has 2 fully saturated rings. The van der Waals surface area contributed by atoms with Crippen molar-refractivity contribution in [3.05, 3.63) is 36.4 Å². The fourth-order valence-corrected chi connectivity index (χ4v) is 6.00. The molecular formula is C25H31NO5S. The maximum absolute atomic E-state index is 13.8. The molecule has 0 saturated heterocycles. The zero-order valence-electron chi connectivity index (χ0n) is 18.4. The van der Waals surface area contributed by atoms with Gasteiger partial charge in [-0.05, 0) is 68.9 Å². The molecule has 2 unspecified atom stereocenters. The highest BCUT2D eigenvalue weighted by Crippen LogP contribution is 2.46. The van der Waals surface area contributed by atoms with Gasteiger partial charge >= 0.3 is 6.16 Å². The summed E-state index contributed by atoms with van der Waals surface area (Å²) in [7, 11) is 0. The zero-order chi connectivity index (χ0) is 22.7. The molecule has 1 amide bonds. The SMILES string of the molecule is CC1CCC(C(=O)N(c2cc(-c3ccccc3)sc2OC(=O)O)C2CCCC(O)C2)CC1. The van der Waals surface area contributed by atoms with E-state index in [0.717, 1.165) is 55.4 Å². The van der Waals surface area contributed by atoms with Gasteiger partial charge in [-0.25, -0.2) is 4.79 Å². The smallest absolute Gasteiger partial charge is 0.449 e. The van der Waals surface area contributed by atoms with E-state index in [0.29, 0.717) is 18.0 Å². The lowest BCUT2D eigenvalue weighted by atomic mass is 9.81. The lowest BCUT2D eigenvalue weighted by molar-refractivity contribution is -0.124. The number of anilines is 1. The molecule has 7 heteroatoms. The highest BCUT2D eigenvalue weighted by Gasteiger charge is 2.37. The maximum atomic E-state index is 13.8. The van der Waals surface area contributed by atoms with E-state index in [9.17, 15) is 19.8 Å². The first-order valence-corrected chi connectivity index (χ1v) is 12.3. The minimum atomic E-state index is -1.39. The molecule has 1 heterocycles. The van der Waals surface area contributed by atoms with Crippen LogP contribution < -0.4 is 9.64 Å². The number of carbonyl (C=O) groups excluding carboxylic acids is 1. The van der Waals surface area contributed by atoms with Crippen molar-refractivity contribution in [2.75, 3.05) is 4.90 Å². The number of hydrogen-bond acceptors (Lipinski definition) is 5. The van der Waals surface area contributed by atoms with E-state index >= 15 is 0 Å². The second-order valence-electron chi connectivity index (χ2n) is 9.16. The van der Waals surface area contributed by atoms with Crippen molar-refractivity contribution in [1.29, 1.82) is 0 Å². The van der Waals surface area contributed by atoms with Crippen LogP contribution in [-0.4, -0.2) is 34.4 Å².